The van der Waals surface area contributed by atoms with Gasteiger partial charge in [0, 0.05) is 18.2 Å². The van der Waals surface area contributed by atoms with Gasteiger partial charge in [0.05, 0.1) is 5.69 Å². The molecule has 1 fully saturated rings. The summed E-state index contributed by atoms with van der Waals surface area (Å²) in [5.41, 5.74) is 2.27. The molecule has 0 aromatic carbocycles. The van der Waals surface area contributed by atoms with Gasteiger partial charge in [-0.2, -0.15) is 0 Å². The van der Waals surface area contributed by atoms with Crippen molar-refractivity contribution in [3.63, 3.8) is 0 Å². The Morgan fingerprint density at radius 1 is 1.32 bits per heavy atom. The van der Waals surface area contributed by atoms with Crippen LogP contribution in [-0.2, 0) is 6.54 Å². The van der Waals surface area contributed by atoms with Crippen molar-refractivity contribution >= 4 is 0 Å². The van der Waals surface area contributed by atoms with Gasteiger partial charge >= 0.3 is 0 Å². The molecule has 1 N–H and O–H groups in total. The van der Waals surface area contributed by atoms with Crippen LogP contribution in [0.15, 0.2) is 4.52 Å². The average molecular weight is 264 g/mol. The fourth-order valence-corrected chi connectivity index (χ4v) is 3.36. The maximum Gasteiger partial charge on any atom is 0.138 e. The SMILES string of the molecule is Cc1noc(C)c1CNC1CCCC(CC(C)C)C1. The van der Waals surface area contributed by atoms with Gasteiger partial charge in [-0.05, 0) is 44.9 Å². The zero-order valence-corrected chi connectivity index (χ0v) is 12.8. The molecular formula is C16H28N2O. The molecule has 0 aliphatic heterocycles. The van der Waals surface area contributed by atoms with Crippen LogP contribution in [0.5, 0.6) is 0 Å². The maximum absolute atomic E-state index is 5.22. The number of rotatable bonds is 5. The van der Waals surface area contributed by atoms with Crippen molar-refractivity contribution in [2.45, 2.75) is 72.4 Å². The van der Waals surface area contributed by atoms with Gasteiger partial charge in [0.25, 0.3) is 0 Å². The zero-order valence-electron chi connectivity index (χ0n) is 12.8. The topological polar surface area (TPSA) is 38.1 Å². The lowest BCUT2D eigenvalue weighted by Crippen LogP contribution is -2.34. The number of hydrogen-bond donors (Lipinski definition) is 1. The lowest BCUT2D eigenvalue weighted by molar-refractivity contribution is 0.251. The highest BCUT2D eigenvalue weighted by Crippen LogP contribution is 2.29. The molecule has 2 unspecified atom stereocenters. The molecule has 1 saturated carbocycles. The van der Waals surface area contributed by atoms with Gasteiger partial charge in [-0.25, -0.2) is 0 Å². The Morgan fingerprint density at radius 2 is 2.11 bits per heavy atom. The van der Waals surface area contributed by atoms with E-state index in [-0.39, 0.29) is 0 Å². The minimum Gasteiger partial charge on any atom is -0.361 e. The van der Waals surface area contributed by atoms with E-state index in [1.54, 1.807) is 0 Å². The second-order valence-corrected chi connectivity index (χ2v) is 6.54. The number of hydrogen-bond acceptors (Lipinski definition) is 3. The largest absolute Gasteiger partial charge is 0.361 e. The van der Waals surface area contributed by atoms with Crippen molar-refractivity contribution in [1.29, 1.82) is 0 Å². The lowest BCUT2D eigenvalue weighted by atomic mass is 9.81. The molecule has 1 aliphatic rings. The van der Waals surface area contributed by atoms with Crippen LogP contribution in [0.25, 0.3) is 0 Å². The van der Waals surface area contributed by atoms with Crippen LogP contribution in [0.2, 0.25) is 0 Å². The second kappa shape index (κ2) is 6.56. The molecule has 3 heteroatoms. The van der Waals surface area contributed by atoms with E-state index in [4.69, 9.17) is 4.52 Å². The van der Waals surface area contributed by atoms with Crippen LogP contribution in [0.4, 0.5) is 0 Å². The maximum atomic E-state index is 5.22. The first kappa shape index (κ1) is 14.6. The predicted octanol–water partition coefficient (Wildman–Crippen LogP) is 3.99. The molecule has 108 valence electrons. The summed E-state index contributed by atoms with van der Waals surface area (Å²) in [5.74, 6) is 2.70. The number of nitrogens with one attached hydrogen (secondary N) is 1. The van der Waals surface area contributed by atoms with E-state index >= 15 is 0 Å². The Kier molecular flexibility index (Phi) is 5.03. The van der Waals surface area contributed by atoms with Gasteiger partial charge in [-0.15, -0.1) is 0 Å². The molecule has 19 heavy (non-hydrogen) atoms. The Morgan fingerprint density at radius 3 is 2.74 bits per heavy atom. The summed E-state index contributed by atoms with van der Waals surface area (Å²) in [7, 11) is 0. The van der Waals surface area contributed by atoms with Crippen LogP contribution in [0.1, 0.15) is 63.0 Å². The first-order valence-electron chi connectivity index (χ1n) is 7.71. The molecule has 0 bridgehead atoms. The molecule has 1 heterocycles. The molecular weight excluding hydrogens is 236 g/mol. The van der Waals surface area contributed by atoms with E-state index < -0.39 is 0 Å². The number of aromatic nitrogens is 1. The first-order valence-corrected chi connectivity index (χ1v) is 7.71. The summed E-state index contributed by atoms with van der Waals surface area (Å²) in [4.78, 5) is 0. The molecule has 1 aliphatic carbocycles. The molecule has 0 saturated heterocycles. The minimum absolute atomic E-state index is 0.672. The summed E-state index contributed by atoms with van der Waals surface area (Å²) in [5, 5.41) is 7.73. The lowest BCUT2D eigenvalue weighted by Gasteiger charge is -2.30. The first-order chi connectivity index (χ1) is 9.06. The van der Waals surface area contributed by atoms with Gasteiger partial charge in [-0.1, -0.05) is 31.8 Å². The van der Waals surface area contributed by atoms with Gasteiger partial charge in [0.2, 0.25) is 0 Å². The van der Waals surface area contributed by atoms with E-state index in [2.05, 4.69) is 24.3 Å². The van der Waals surface area contributed by atoms with Crippen molar-refractivity contribution in [2.24, 2.45) is 11.8 Å². The third-order valence-electron chi connectivity index (χ3n) is 4.34. The normalized spacial score (nSPS) is 24.1. The van der Waals surface area contributed by atoms with Crippen LogP contribution < -0.4 is 5.32 Å². The minimum atomic E-state index is 0.672. The van der Waals surface area contributed by atoms with Gasteiger partial charge in [0.1, 0.15) is 5.76 Å². The Hall–Kier alpha value is -0.830. The molecule has 1 aromatic heterocycles. The summed E-state index contributed by atoms with van der Waals surface area (Å²) in [6.45, 7) is 9.59. The van der Waals surface area contributed by atoms with E-state index in [0.29, 0.717) is 6.04 Å². The molecule has 0 spiro atoms. The van der Waals surface area contributed by atoms with Crippen molar-refractivity contribution < 1.29 is 4.52 Å². The molecule has 1 aromatic rings. The van der Waals surface area contributed by atoms with Gasteiger partial charge < -0.3 is 9.84 Å². The monoisotopic (exact) mass is 264 g/mol. The Labute approximate surface area is 117 Å². The molecule has 2 rings (SSSR count). The van der Waals surface area contributed by atoms with Crippen molar-refractivity contribution in [3.05, 3.63) is 17.0 Å². The van der Waals surface area contributed by atoms with Crippen molar-refractivity contribution in [2.75, 3.05) is 0 Å². The third-order valence-corrected chi connectivity index (χ3v) is 4.34. The second-order valence-electron chi connectivity index (χ2n) is 6.54. The highest BCUT2D eigenvalue weighted by atomic mass is 16.5. The standard InChI is InChI=1S/C16H28N2O/c1-11(2)8-14-6-5-7-15(9-14)17-10-16-12(3)18-19-13(16)4/h11,14-15,17H,5-10H2,1-4H3. The number of aryl methyl sites for hydroxylation is 2. The summed E-state index contributed by atoms with van der Waals surface area (Å²) in [6.07, 6.45) is 6.82. The van der Waals surface area contributed by atoms with Crippen LogP contribution >= 0.6 is 0 Å². The average Bonchev–Trinajstić information content (AvgIpc) is 2.66. The van der Waals surface area contributed by atoms with E-state index in [1.807, 2.05) is 13.8 Å². The van der Waals surface area contributed by atoms with E-state index in [0.717, 1.165) is 29.8 Å². The zero-order chi connectivity index (χ0) is 13.8. The number of nitrogens with zero attached hydrogens (tertiary/aromatic N) is 1. The summed E-state index contributed by atoms with van der Waals surface area (Å²) < 4.78 is 5.22. The highest BCUT2D eigenvalue weighted by Gasteiger charge is 2.22. The quantitative estimate of drug-likeness (QED) is 0.874. The fourth-order valence-electron chi connectivity index (χ4n) is 3.36. The van der Waals surface area contributed by atoms with Crippen LogP contribution in [0.3, 0.4) is 0 Å². The van der Waals surface area contributed by atoms with E-state index in [1.165, 1.54) is 37.7 Å². The van der Waals surface area contributed by atoms with Crippen LogP contribution in [-0.4, -0.2) is 11.2 Å². The predicted molar refractivity (Wildman–Crippen MR) is 78.0 cm³/mol. The van der Waals surface area contributed by atoms with Crippen LogP contribution in [0, 0.1) is 25.7 Å². The van der Waals surface area contributed by atoms with E-state index in [9.17, 15) is 0 Å². The molecule has 3 nitrogen and oxygen atoms in total. The summed E-state index contributed by atoms with van der Waals surface area (Å²) in [6, 6.07) is 0.672. The Bertz CT molecular complexity index is 378. The van der Waals surface area contributed by atoms with Crippen molar-refractivity contribution in [3.8, 4) is 0 Å². The Balaban J connectivity index is 1.83. The molecule has 2 atom stereocenters. The fraction of sp³-hybridized carbons (Fsp3) is 0.812. The van der Waals surface area contributed by atoms with Gasteiger partial charge in [-0.3, -0.25) is 0 Å². The van der Waals surface area contributed by atoms with Crippen molar-refractivity contribution in [1.82, 2.24) is 10.5 Å². The third kappa shape index (κ3) is 4.07. The summed E-state index contributed by atoms with van der Waals surface area (Å²) >= 11 is 0. The smallest absolute Gasteiger partial charge is 0.138 e. The molecule has 0 amide bonds. The molecule has 0 radical (unpaired) electrons. The highest BCUT2D eigenvalue weighted by molar-refractivity contribution is 5.20. The van der Waals surface area contributed by atoms with Gasteiger partial charge in [0.15, 0.2) is 0 Å².